The summed E-state index contributed by atoms with van der Waals surface area (Å²) in [4.78, 5) is 16.6. The second kappa shape index (κ2) is 9.43. The van der Waals surface area contributed by atoms with Crippen LogP contribution in [-0.4, -0.2) is 26.1 Å². The fourth-order valence-electron chi connectivity index (χ4n) is 4.31. The third-order valence-electron chi connectivity index (χ3n) is 5.82. The molecular weight excluding hydrogens is 438 g/mol. The summed E-state index contributed by atoms with van der Waals surface area (Å²) in [5, 5.41) is 16.9. The summed E-state index contributed by atoms with van der Waals surface area (Å²) in [6.45, 7) is 0. The standard InChI is InChI=1S/C27H19N7O/c28-32-30-26(35)24-19-11-10-18-23(24)25-29-33-34(31-25)27(20-12-4-1-5-13-20,21-14-6-2-7-15-21)22-16-8-3-9-17-22/h1-19H. The normalized spacial score (nSPS) is 11.0. The molecule has 35 heavy (non-hydrogen) atoms. The molecule has 8 heteroatoms. The average Bonchev–Trinajstić information content (AvgIpc) is 3.42. The molecule has 0 saturated heterocycles. The van der Waals surface area contributed by atoms with Crippen LogP contribution in [0.4, 0.5) is 0 Å². The van der Waals surface area contributed by atoms with Crippen molar-refractivity contribution < 1.29 is 4.79 Å². The number of hydrogen-bond acceptors (Lipinski definition) is 4. The molecule has 0 fully saturated rings. The van der Waals surface area contributed by atoms with Gasteiger partial charge in [-0.05, 0) is 32.5 Å². The van der Waals surface area contributed by atoms with Crippen LogP contribution in [0.15, 0.2) is 120 Å². The third-order valence-corrected chi connectivity index (χ3v) is 5.82. The van der Waals surface area contributed by atoms with Gasteiger partial charge < -0.3 is 0 Å². The predicted molar refractivity (Wildman–Crippen MR) is 131 cm³/mol. The summed E-state index contributed by atoms with van der Waals surface area (Å²) in [5.41, 5.74) is 11.3. The molecule has 0 aliphatic heterocycles. The lowest BCUT2D eigenvalue weighted by Gasteiger charge is -2.34. The van der Waals surface area contributed by atoms with Gasteiger partial charge in [0, 0.05) is 16.0 Å². The number of azide groups is 1. The molecule has 168 valence electrons. The van der Waals surface area contributed by atoms with Crippen molar-refractivity contribution in [1.29, 1.82) is 0 Å². The lowest BCUT2D eigenvalue weighted by molar-refractivity contribution is 0.100. The van der Waals surface area contributed by atoms with Crippen LogP contribution in [0.5, 0.6) is 0 Å². The number of aromatic nitrogens is 4. The SMILES string of the molecule is [N-]=[N+]=NC(=O)c1ccccc1-c1nnn(C(c2ccccc2)(c2ccccc2)c2ccccc2)n1. The maximum Gasteiger partial charge on any atom is 0.249 e. The summed E-state index contributed by atoms with van der Waals surface area (Å²) >= 11 is 0. The number of hydrogen-bond donors (Lipinski definition) is 0. The van der Waals surface area contributed by atoms with E-state index in [1.165, 1.54) is 0 Å². The molecule has 8 nitrogen and oxygen atoms in total. The van der Waals surface area contributed by atoms with E-state index in [1.54, 1.807) is 29.1 Å². The van der Waals surface area contributed by atoms with Crippen LogP contribution < -0.4 is 0 Å². The fourth-order valence-corrected chi connectivity index (χ4v) is 4.31. The molecule has 5 rings (SSSR count). The van der Waals surface area contributed by atoms with Gasteiger partial charge in [-0.3, -0.25) is 4.79 Å². The molecule has 0 bridgehead atoms. The Morgan fingerprint density at radius 1 is 0.743 bits per heavy atom. The molecule has 1 heterocycles. The number of nitrogens with zero attached hydrogens (tertiary/aromatic N) is 7. The Morgan fingerprint density at radius 2 is 1.23 bits per heavy atom. The topological polar surface area (TPSA) is 109 Å². The molecule has 5 aromatic rings. The minimum Gasteiger partial charge on any atom is -0.287 e. The Balaban J connectivity index is 1.79. The smallest absolute Gasteiger partial charge is 0.249 e. The van der Waals surface area contributed by atoms with Gasteiger partial charge in [-0.1, -0.05) is 115 Å². The second-order valence-electron chi connectivity index (χ2n) is 7.75. The van der Waals surface area contributed by atoms with E-state index in [9.17, 15) is 4.79 Å². The van der Waals surface area contributed by atoms with Gasteiger partial charge in [0.2, 0.25) is 11.7 Å². The first kappa shape index (κ1) is 21.8. The highest BCUT2D eigenvalue weighted by Gasteiger charge is 2.41. The van der Waals surface area contributed by atoms with Gasteiger partial charge in [0.15, 0.2) is 5.54 Å². The number of carbonyl (C=O) groups is 1. The van der Waals surface area contributed by atoms with E-state index in [0.717, 1.165) is 16.7 Å². The Hall–Kier alpha value is -5.07. The van der Waals surface area contributed by atoms with Crippen LogP contribution in [0.1, 0.15) is 27.0 Å². The largest absolute Gasteiger partial charge is 0.287 e. The van der Waals surface area contributed by atoms with Crippen molar-refractivity contribution in [2.45, 2.75) is 5.54 Å². The van der Waals surface area contributed by atoms with Crippen molar-refractivity contribution in [3.8, 4) is 11.4 Å². The quantitative estimate of drug-likeness (QED) is 0.142. The summed E-state index contributed by atoms with van der Waals surface area (Å²) < 4.78 is 0. The molecule has 1 aromatic heterocycles. The Bertz CT molecular complexity index is 1410. The fraction of sp³-hybridized carbons (Fsp3) is 0.0370. The summed E-state index contributed by atoms with van der Waals surface area (Å²) in [7, 11) is 0. The van der Waals surface area contributed by atoms with Crippen molar-refractivity contribution in [1.82, 2.24) is 20.2 Å². The summed E-state index contributed by atoms with van der Waals surface area (Å²) in [6.07, 6.45) is 0. The highest BCUT2D eigenvalue weighted by Crippen LogP contribution is 2.40. The van der Waals surface area contributed by atoms with E-state index in [2.05, 4.69) is 20.3 Å². The molecular formula is C27H19N7O. The number of rotatable bonds is 6. The van der Waals surface area contributed by atoms with Gasteiger partial charge in [0.1, 0.15) is 0 Å². The number of amides is 1. The maximum absolute atomic E-state index is 12.4. The van der Waals surface area contributed by atoms with Crippen molar-refractivity contribution >= 4 is 5.91 Å². The van der Waals surface area contributed by atoms with Gasteiger partial charge >= 0.3 is 0 Å². The molecule has 0 aliphatic carbocycles. The zero-order chi connectivity index (χ0) is 24.1. The van der Waals surface area contributed by atoms with Crippen LogP contribution in [-0.2, 0) is 5.54 Å². The van der Waals surface area contributed by atoms with Gasteiger partial charge in [0.25, 0.3) is 0 Å². The molecule has 1 amide bonds. The van der Waals surface area contributed by atoms with E-state index >= 15 is 0 Å². The minimum absolute atomic E-state index is 0.203. The Labute approximate surface area is 201 Å². The van der Waals surface area contributed by atoms with Crippen LogP contribution in [0, 0.1) is 0 Å². The molecule has 0 aliphatic rings. The van der Waals surface area contributed by atoms with Crippen molar-refractivity contribution in [2.75, 3.05) is 0 Å². The van der Waals surface area contributed by atoms with E-state index in [4.69, 9.17) is 10.6 Å². The van der Waals surface area contributed by atoms with Crippen LogP contribution in [0.2, 0.25) is 0 Å². The first-order valence-electron chi connectivity index (χ1n) is 10.9. The number of benzene rings is 4. The van der Waals surface area contributed by atoms with Gasteiger partial charge in [0.05, 0.1) is 0 Å². The molecule has 0 N–H and O–H groups in total. The molecule has 0 radical (unpaired) electrons. The predicted octanol–water partition coefficient (Wildman–Crippen LogP) is 5.63. The number of carbonyl (C=O) groups excluding carboxylic acids is 1. The molecule has 0 unspecified atom stereocenters. The number of tetrazole rings is 1. The molecule has 0 spiro atoms. The van der Waals surface area contributed by atoms with Crippen LogP contribution in [0.25, 0.3) is 21.8 Å². The lowest BCUT2D eigenvalue weighted by atomic mass is 9.77. The van der Waals surface area contributed by atoms with Crippen molar-refractivity contribution in [3.05, 3.63) is 148 Å². The molecule has 4 aromatic carbocycles. The third kappa shape index (κ3) is 3.84. The van der Waals surface area contributed by atoms with E-state index < -0.39 is 11.4 Å². The van der Waals surface area contributed by atoms with Gasteiger partial charge in [-0.2, -0.15) is 0 Å². The van der Waals surface area contributed by atoms with Crippen LogP contribution in [0.3, 0.4) is 0 Å². The average molecular weight is 457 g/mol. The highest BCUT2D eigenvalue weighted by molar-refractivity contribution is 6.00. The maximum atomic E-state index is 12.4. The van der Waals surface area contributed by atoms with Crippen molar-refractivity contribution in [2.24, 2.45) is 5.11 Å². The Morgan fingerprint density at radius 3 is 1.74 bits per heavy atom. The van der Waals surface area contributed by atoms with E-state index in [0.29, 0.717) is 5.56 Å². The monoisotopic (exact) mass is 457 g/mol. The van der Waals surface area contributed by atoms with Crippen LogP contribution >= 0.6 is 0 Å². The van der Waals surface area contributed by atoms with Gasteiger partial charge in [-0.15, -0.1) is 15.0 Å². The van der Waals surface area contributed by atoms with E-state index in [1.807, 2.05) is 91.0 Å². The minimum atomic E-state index is -0.932. The summed E-state index contributed by atoms with van der Waals surface area (Å²) in [5.74, 6) is -0.464. The molecule has 0 atom stereocenters. The van der Waals surface area contributed by atoms with Gasteiger partial charge in [-0.25, -0.2) is 0 Å². The first-order valence-corrected chi connectivity index (χ1v) is 10.9. The first-order chi connectivity index (χ1) is 17.2. The highest BCUT2D eigenvalue weighted by atomic mass is 16.1. The second-order valence-corrected chi connectivity index (χ2v) is 7.75. The zero-order valence-electron chi connectivity index (χ0n) is 18.5. The lowest BCUT2D eigenvalue weighted by Crippen LogP contribution is -2.39. The van der Waals surface area contributed by atoms with E-state index in [-0.39, 0.29) is 11.4 Å². The Kier molecular flexibility index (Phi) is 5.86. The zero-order valence-corrected chi connectivity index (χ0v) is 18.5. The van der Waals surface area contributed by atoms with Crippen molar-refractivity contribution in [3.63, 3.8) is 0 Å². The summed E-state index contributed by atoms with van der Waals surface area (Å²) in [6, 6.07) is 36.6. The molecule has 0 saturated carbocycles.